The molecule has 1 saturated heterocycles. The van der Waals surface area contributed by atoms with Crippen LogP contribution >= 0.6 is 0 Å². The highest BCUT2D eigenvalue weighted by atomic mass is 15.1. The normalized spacial score (nSPS) is 21.5. The van der Waals surface area contributed by atoms with Crippen molar-refractivity contribution in [2.45, 2.75) is 12.3 Å². The number of nitrogens with zero attached hydrogens (tertiary/aromatic N) is 4. The number of hydrogen-bond acceptors (Lipinski definition) is 4. The molecule has 0 radical (unpaired) electrons. The van der Waals surface area contributed by atoms with E-state index in [9.17, 15) is 0 Å². The van der Waals surface area contributed by atoms with E-state index in [1.807, 2.05) is 12.4 Å². The molecule has 1 aliphatic heterocycles. The van der Waals surface area contributed by atoms with Crippen molar-refractivity contribution in [2.75, 3.05) is 13.1 Å². The lowest BCUT2D eigenvalue weighted by Crippen LogP contribution is -2.12. The van der Waals surface area contributed by atoms with Crippen molar-refractivity contribution in [1.29, 1.82) is 5.26 Å². The number of nitriles is 1. The molecule has 66 valence electrons. The van der Waals surface area contributed by atoms with Crippen LogP contribution in [0.1, 0.15) is 17.9 Å². The van der Waals surface area contributed by atoms with Crippen molar-refractivity contribution in [3.63, 3.8) is 0 Å². The van der Waals surface area contributed by atoms with Crippen LogP contribution in [0.3, 0.4) is 0 Å². The Morgan fingerprint density at radius 1 is 1.46 bits per heavy atom. The SMILES string of the molecule is N#CN1CC[C@H](c2cncnc2)C1. The fourth-order valence-corrected chi connectivity index (χ4v) is 1.64. The highest BCUT2D eigenvalue weighted by Crippen LogP contribution is 2.24. The van der Waals surface area contributed by atoms with E-state index in [2.05, 4.69) is 16.2 Å². The number of aromatic nitrogens is 2. The van der Waals surface area contributed by atoms with Crippen LogP contribution in [0.25, 0.3) is 0 Å². The molecule has 0 saturated carbocycles. The van der Waals surface area contributed by atoms with E-state index in [1.165, 1.54) is 6.33 Å². The largest absolute Gasteiger partial charge is 0.310 e. The summed E-state index contributed by atoms with van der Waals surface area (Å²) in [5.41, 5.74) is 1.14. The van der Waals surface area contributed by atoms with E-state index in [0.29, 0.717) is 5.92 Å². The van der Waals surface area contributed by atoms with Gasteiger partial charge in [0.15, 0.2) is 6.19 Å². The molecule has 0 spiro atoms. The van der Waals surface area contributed by atoms with E-state index in [1.54, 1.807) is 4.90 Å². The molecule has 1 aliphatic rings. The minimum absolute atomic E-state index is 0.431. The molecule has 0 aromatic carbocycles. The molecule has 0 unspecified atom stereocenters. The molecule has 1 aromatic rings. The summed E-state index contributed by atoms with van der Waals surface area (Å²) in [5, 5.41) is 8.68. The summed E-state index contributed by atoms with van der Waals surface area (Å²) in [5.74, 6) is 0.431. The van der Waals surface area contributed by atoms with Gasteiger partial charge in [0, 0.05) is 31.4 Å². The second-order valence-electron chi connectivity index (χ2n) is 3.20. The Balaban J connectivity index is 2.09. The van der Waals surface area contributed by atoms with Gasteiger partial charge in [-0.1, -0.05) is 0 Å². The van der Waals surface area contributed by atoms with E-state index in [4.69, 9.17) is 5.26 Å². The van der Waals surface area contributed by atoms with Crippen molar-refractivity contribution >= 4 is 0 Å². The molecule has 1 fully saturated rings. The second-order valence-corrected chi connectivity index (χ2v) is 3.20. The molecule has 2 heterocycles. The average Bonchev–Trinajstić information content (AvgIpc) is 2.67. The zero-order valence-electron chi connectivity index (χ0n) is 7.22. The first-order valence-corrected chi connectivity index (χ1v) is 4.29. The van der Waals surface area contributed by atoms with Gasteiger partial charge < -0.3 is 4.90 Å². The van der Waals surface area contributed by atoms with Gasteiger partial charge in [0.05, 0.1) is 0 Å². The maximum Gasteiger partial charge on any atom is 0.179 e. The maximum absolute atomic E-state index is 8.68. The van der Waals surface area contributed by atoms with Crippen LogP contribution in [-0.4, -0.2) is 28.0 Å². The Kier molecular flexibility index (Phi) is 2.09. The van der Waals surface area contributed by atoms with Crippen LogP contribution in [0.15, 0.2) is 18.7 Å². The van der Waals surface area contributed by atoms with E-state index in [0.717, 1.165) is 25.1 Å². The quantitative estimate of drug-likeness (QED) is 0.589. The molecule has 0 aliphatic carbocycles. The third-order valence-electron chi connectivity index (χ3n) is 2.38. The highest BCUT2D eigenvalue weighted by Gasteiger charge is 2.22. The van der Waals surface area contributed by atoms with Gasteiger partial charge in [-0.15, -0.1) is 0 Å². The van der Waals surface area contributed by atoms with Crippen LogP contribution < -0.4 is 0 Å². The van der Waals surface area contributed by atoms with E-state index >= 15 is 0 Å². The van der Waals surface area contributed by atoms with Gasteiger partial charge in [-0.05, 0) is 12.0 Å². The van der Waals surface area contributed by atoms with Crippen LogP contribution in [0.2, 0.25) is 0 Å². The topological polar surface area (TPSA) is 52.8 Å². The molecule has 4 heteroatoms. The predicted octanol–water partition coefficient (Wildman–Crippen LogP) is 0.747. The molecule has 4 nitrogen and oxygen atoms in total. The molecule has 0 N–H and O–H groups in total. The Morgan fingerprint density at radius 2 is 2.23 bits per heavy atom. The molecular formula is C9H10N4. The van der Waals surface area contributed by atoms with E-state index in [-0.39, 0.29) is 0 Å². The Morgan fingerprint density at radius 3 is 2.85 bits per heavy atom. The summed E-state index contributed by atoms with van der Waals surface area (Å²) in [7, 11) is 0. The third-order valence-corrected chi connectivity index (χ3v) is 2.38. The third kappa shape index (κ3) is 1.59. The average molecular weight is 174 g/mol. The molecule has 1 atom stereocenters. The van der Waals surface area contributed by atoms with Crippen molar-refractivity contribution in [3.8, 4) is 6.19 Å². The second kappa shape index (κ2) is 3.40. The fourth-order valence-electron chi connectivity index (χ4n) is 1.64. The van der Waals surface area contributed by atoms with Gasteiger partial charge in [-0.25, -0.2) is 9.97 Å². The summed E-state index contributed by atoms with van der Waals surface area (Å²) >= 11 is 0. The van der Waals surface area contributed by atoms with Crippen molar-refractivity contribution in [1.82, 2.24) is 14.9 Å². The summed E-state index contributed by atoms with van der Waals surface area (Å²) in [6.07, 6.45) is 8.38. The van der Waals surface area contributed by atoms with Gasteiger partial charge in [0.25, 0.3) is 0 Å². The lowest BCUT2D eigenvalue weighted by Gasteiger charge is -2.07. The monoisotopic (exact) mass is 174 g/mol. The number of hydrogen-bond donors (Lipinski definition) is 0. The molecule has 0 amide bonds. The van der Waals surface area contributed by atoms with Crippen LogP contribution in [-0.2, 0) is 0 Å². The Bertz CT molecular complexity index is 316. The predicted molar refractivity (Wildman–Crippen MR) is 46.6 cm³/mol. The first-order chi connectivity index (χ1) is 6.40. The Labute approximate surface area is 76.8 Å². The molecule has 13 heavy (non-hydrogen) atoms. The lowest BCUT2D eigenvalue weighted by molar-refractivity contribution is 0.479. The van der Waals surface area contributed by atoms with Crippen molar-refractivity contribution < 1.29 is 0 Å². The number of rotatable bonds is 1. The van der Waals surface area contributed by atoms with Crippen molar-refractivity contribution in [3.05, 3.63) is 24.3 Å². The van der Waals surface area contributed by atoms with Crippen LogP contribution in [0.4, 0.5) is 0 Å². The van der Waals surface area contributed by atoms with Crippen LogP contribution in [0, 0.1) is 11.5 Å². The van der Waals surface area contributed by atoms with Gasteiger partial charge in [0.2, 0.25) is 0 Å². The summed E-state index contributed by atoms with van der Waals surface area (Å²) in [6, 6.07) is 0. The summed E-state index contributed by atoms with van der Waals surface area (Å²) < 4.78 is 0. The molecular weight excluding hydrogens is 164 g/mol. The van der Waals surface area contributed by atoms with E-state index < -0.39 is 0 Å². The first-order valence-electron chi connectivity index (χ1n) is 4.29. The van der Waals surface area contributed by atoms with Crippen LogP contribution in [0.5, 0.6) is 0 Å². The van der Waals surface area contributed by atoms with Gasteiger partial charge >= 0.3 is 0 Å². The first kappa shape index (κ1) is 7.99. The van der Waals surface area contributed by atoms with Crippen molar-refractivity contribution in [2.24, 2.45) is 0 Å². The maximum atomic E-state index is 8.68. The van der Waals surface area contributed by atoms with Gasteiger partial charge in [-0.3, -0.25) is 0 Å². The fraction of sp³-hybridized carbons (Fsp3) is 0.444. The molecule has 0 bridgehead atoms. The summed E-state index contributed by atoms with van der Waals surface area (Å²) in [4.78, 5) is 9.71. The molecule has 1 aromatic heterocycles. The smallest absolute Gasteiger partial charge is 0.179 e. The van der Waals surface area contributed by atoms with Gasteiger partial charge in [-0.2, -0.15) is 5.26 Å². The molecule has 2 rings (SSSR count). The summed E-state index contributed by atoms with van der Waals surface area (Å²) in [6.45, 7) is 1.67. The minimum atomic E-state index is 0.431. The minimum Gasteiger partial charge on any atom is -0.310 e. The number of likely N-dealkylation sites (tertiary alicyclic amines) is 1. The zero-order valence-corrected chi connectivity index (χ0v) is 7.22. The highest BCUT2D eigenvalue weighted by molar-refractivity contribution is 5.13. The Hall–Kier alpha value is -1.63. The van der Waals surface area contributed by atoms with Gasteiger partial charge in [0.1, 0.15) is 6.33 Å². The zero-order chi connectivity index (χ0) is 9.10. The standard InChI is InChI=1S/C9H10N4/c10-6-13-2-1-8(5-13)9-3-11-7-12-4-9/h3-4,7-8H,1-2,5H2/t8-/m0/s1. The lowest BCUT2D eigenvalue weighted by atomic mass is 10.0.